The minimum atomic E-state index is -0.127. The second kappa shape index (κ2) is 6.34. The van der Waals surface area contributed by atoms with Crippen LogP contribution in [0.1, 0.15) is 43.9 Å². The van der Waals surface area contributed by atoms with E-state index >= 15 is 0 Å². The summed E-state index contributed by atoms with van der Waals surface area (Å²) in [4.78, 5) is 13.6. The van der Waals surface area contributed by atoms with Gasteiger partial charge in [0.05, 0.1) is 6.04 Å². The number of nitrogens with zero attached hydrogens (tertiary/aromatic N) is 1. The average molecular weight is 407 g/mol. The van der Waals surface area contributed by atoms with Crippen LogP contribution in [-0.2, 0) is 11.8 Å². The fourth-order valence-electron chi connectivity index (χ4n) is 5.67. The van der Waals surface area contributed by atoms with Gasteiger partial charge in [-0.05, 0) is 40.3 Å². The number of aryl methyl sites for hydroxylation is 1. The predicted octanol–water partition coefficient (Wildman–Crippen LogP) is 6.64. The van der Waals surface area contributed by atoms with E-state index < -0.39 is 0 Å². The smallest absolute Gasteiger partial charge is 0.162 e. The van der Waals surface area contributed by atoms with E-state index in [2.05, 4.69) is 97.6 Å². The molecule has 2 heterocycles. The number of para-hydroxylation sites is 1. The van der Waals surface area contributed by atoms with Crippen LogP contribution >= 0.6 is 0 Å². The third-order valence-electron chi connectivity index (χ3n) is 6.98. The van der Waals surface area contributed by atoms with Crippen molar-refractivity contribution in [3.63, 3.8) is 0 Å². The van der Waals surface area contributed by atoms with E-state index in [4.69, 9.17) is 0 Å². The van der Waals surface area contributed by atoms with Crippen molar-refractivity contribution in [2.24, 2.45) is 12.5 Å². The molecule has 0 spiro atoms. The SMILES string of the molecule is Cn1cc(C2Nc3ccc4ccccc4c3C3=C2C(=O)CC(C)(C)C3)c2ccccc21. The van der Waals surface area contributed by atoms with Crippen LogP contribution in [0.25, 0.3) is 27.2 Å². The predicted molar refractivity (Wildman–Crippen MR) is 128 cm³/mol. The number of hydrogen-bond acceptors (Lipinski definition) is 2. The summed E-state index contributed by atoms with van der Waals surface area (Å²) in [5, 5.41) is 7.42. The topological polar surface area (TPSA) is 34.0 Å². The Morgan fingerprint density at radius 1 is 0.935 bits per heavy atom. The molecule has 0 saturated carbocycles. The molecule has 1 aliphatic heterocycles. The van der Waals surface area contributed by atoms with Crippen LogP contribution in [0.3, 0.4) is 0 Å². The van der Waals surface area contributed by atoms with Crippen LogP contribution in [-0.4, -0.2) is 10.4 Å². The molecule has 0 amide bonds. The highest BCUT2D eigenvalue weighted by Gasteiger charge is 2.41. The molecule has 2 aliphatic rings. The molecule has 154 valence electrons. The summed E-state index contributed by atoms with van der Waals surface area (Å²) in [5.41, 5.74) is 6.85. The van der Waals surface area contributed by atoms with E-state index in [9.17, 15) is 4.79 Å². The number of benzene rings is 3. The quantitative estimate of drug-likeness (QED) is 0.384. The van der Waals surface area contributed by atoms with Gasteiger partial charge in [-0.2, -0.15) is 0 Å². The summed E-state index contributed by atoms with van der Waals surface area (Å²) in [6, 6.07) is 21.2. The Morgan fingerprint density at radius 2 is 1.68 bits per heavy atom. The van der Waals surface area contributed by atoms with E-state index in [1.807, 2.05) is 0 Å². The van der Waals surface area contributed by atoms with Crippen LogP contribution in [0.15, 0.2) is 72.4 Å². The first-order chi connectivity index (χ1) is 14.9. The first kappa shape index (κ1) is 18.4. The highest BCUT2D eigenvalue weighted by molar-refractivity contribution is 6.13. The fraction of sp³-hybridized carbons (Fsp3) is 0.250. The van der Waals surface area contributed by atoms with Crippen LogP contribution < -0.4 is 5.32 Å². The fourth-order valence-corrected chi connectivity index (χ4v) is 5.67. The van der Waals surface area contributed by atoms with Gasteiger partial charge in [-0.15, -0.1) is 0 Å². The molecule has 4 aromatic rings. The van der Waals surface area contributed by atoms with Crippen molar-refractivity contribution in [1.29, 1.82) is 0 Å². The summed E-state index contributed by atoms with van der Waals surface area (Å²) >= 11 is 0. The summed E-state index contributed by atoms with van der Waals surface area (Å²) in [7, 11) is 2.08. The number of rotatable bonds is 1. The van der Waals surface area contributed by atoms with Crippen molar-refractivity contribution in [2.75, 3.05) is 5.32 Å². The zero-order valence-corrected chi connectivity index (χ0v) is 18.2. The van der Waals surface area contributed by atoms with Gasteiger partial charge in [0.25, 0.3) is 0 Å². The minimum absolute atomic E-state index is 0.0369. The second-order valence-electron chi connectivity index (χ2n) is 9.83. The number of carbonyl (C=O) groups excluding carboxylic acids is 1. The first-order valence-corrected chi connectivity index (χ1v) is 11.0. The Bertz CT molecular complexity index is 1420. The van der Waals surface area contributed by atoms with Gasteiger partial charge in [0, 0.05) is 53.0 Å². The zero-order valence-electron chi connectivity index (χ0n) is 18.2. The minimum Gasteiger partial charge on any atom is -0.373 e. The molecule has 0 fully saturated rings. The number of hydrogen-bond donors (Lipinski definition) is 1. The number of nitrogens with one attached hydrogen (secondary N) is 1. The van der Waals surface area contributed by atoms with Gasteiger partial charge in [0.15, 0.2) is 5.78 Å². The molecule has 1 atom stereocenters. The van der Waals surface area contributed by atoms with E-state index in [1.54, 1.807) is 0 Å². The monoisotopic (exact) mass is 406 g/mol. The number of allylic oxidation sites excluding steroid dienone is 1. The van der Waals surface area contributed by atoms with Gasteiger partial charge >= 0.3 is 0 Å². The number of carbonyl (C=O) groups is 1. The highest BCUT2D eigenvalue weighted by atomic mass is 16.1. The molecular formula is C28H26N2O. The van der Waals surface area contributed by atoms with Crippen molar-refractivity contribution >= 4 is 38.7 Å². The molecule has 3 aromatic carbocycles. The first-order valence-electron chi connectivity index (χ1n) is 11.0. The summed E-state index contributed by atoms with van der Waals surface area (Å²) in [6.07, 6.45) is 3.69. The van der Waals surface area contributed by atoms with Crippen molar-refractivity contribution in [1.82, 2.24) is 4.57 Å². The molecular weight excluding hydrogens is 380 g/mol. The van der Waals surface area contributed by atoms with E-state index in [-0.39, 0.29) is 17.2 Å². The van der Waals surface area contributed by atoms with Gasteiger partial charge in [-0.3, -0.25) is 4.79 Å². The largest absolute Gasteiger partial charge is 0.373 e. The third-order valence-corrected chi connectivity index (χ3v) is 6.98. The second-order valence-corrected chi connectivity index (χ2v) is 9.83. The Balaban J connectivity index is 1.67. The number of anilines is 1. The summed E-state index contributed by atoms with van der Waals surface area (Å²) in [5.74, 6) is 0.273. The van der Waals surface area contributed by atoms with Gasteiger partial charge < -0.3 is 9.88 Å². The molecule has 1 unspecified atom stereocenters. The lowest BCUT2D eigenvalue weighted by Gasteiger charge is -2.40. The molecule has 0 saturated heterocycles. The van der Waals surface area contributed by atoms with Crippen molar-refractivity contribution in [3.05, 3.63) is 83.6 Å². The number of fused-ring (bicyclic) bond motifs is 5. The lowest BCUT2D eigenvalue weighted by atomic mass is 9.68. The van der Waals surface area contributed by atoms with E-state index in [1.165, 1.54) is 38.4 Å². The Labute approximate surface area is 182 Å². The highest BCUT2D eigenvalue weighted by Crippen LogP contribution is 2.52. The van der Waals surface area contributed by atoms with Crippen molar-refractivity contribution in [3.8, 4) is 0 Å². The number of Topliss-reactive ketones (excluding diaryl/α,β-unsaturated/α-hetero) is 1. The maximum atomic E-state index is 13.6. The van der Waals surface area contributed by atoms with Crippen LogP contribution in [0.4, 0.5) is 5.69 Å². The molecule has 31 heavy (non-hydrogen) atoms. The average Bonchev–Trinajstić information content (AvgIpc) is 3.08. The van der Waals surface area contributed by atoms with Gasteiger partial charge in [0.1, 0.15) is 0 Å². The van der Waals surface area contributed by atoms with Gasteiger partial charge in [0.2, 0.25) is 0 Å². The lowest BCUT2D eigenvalue weighted by molar-refractivity contribution is -0.118. The maximum Gasteiger partial charge on any atom is 0.162 e. The van der Waals surface area contributed by atoms with E-state index in [0.29, 0.717) is 6.42 Å². The maximum absolute atomic E-state index is 13.6. The molecule has 0 bridgehead atoms. The summed E-state index contributed by atoms with van der Waals surface area (Å²) in [6.45, 7) is 4.43. The molecule has 3 nitrogen and oxygen atoms in total. The van der Waals surface area contributed by atoms with Gasteiger partial charge in [-0.25, -0.2) is 0 Å². The van der Waals surface area contributed by atoms with Crippen LogP contribution in [0.2, 0.25) is 0 Å². The Kier molecular flexibility index (Phi) is 3.77. The molecule has 0 radical (unpaired) electrons. The zero-order chi connectivity index (χ0) is 21.3. The molecule has 1 aliphatic carbocycles. The molecule has 6 rings (SSSR count). The van der Waals surface area contributed by atoms with Gasteiger partial charge in [-0.1, -0.05) is 62.4 Å². The van der Waals surface area contributed by atoms with Crippen molar-refractivity contribution < 1.29 is 4.79 Å². The normalized spacial score (nSPS) is 20.0. The number of aromatic nitrogens is 1. The standard InChI is InChI=1S/C28H26N2O/c1-28(2)14-20-25-18-9-5-4-8-17(18)12-13-22(25)29-27(26(20)24(31)15-28)21-16-30(3)23-11-7-6-10-19(21)23/h4-13,16,27,29H,14-15H2,1-3H3. The lowest BCUT2D eigenvalue weighted by Crippen LogP contribution is -2.33. The third kappa shape index (κ3) is 2.69. The molecule has 1 aromatic heterocycles. The van der Waals surface area contributed by atoms with Crippen molar-refractivity contribution in [2.45, 2.75) is 32.7 Å². The Morgan fingerprint density at radius 3 is 2.52 bits per heavy atom. The summed E-state index contributed by atoms with van der Waals surface area (Å²) < 4.78 is 2.17. The Hall–Kier alpha value is -3.33. The molecule has 3 heteroatoms. The number of ketones is 1. The van der Waals surface area contributed by atoms with Crippen LogP contribution in [0, 0.1) is 5.41 Å². The van der Waals surface area contributed by atoms with Crippen LogP contribution in [0.5, 0.6) is 0 Å². The van der Waals surface area contributed by atoms with E-state index in [0.717, 1.165) is 17.7 Å². The molecule has 1 N–H and O–H groups in total.